The highest BCUT2D eigenvalue weighted by Gasteiger charge is 2.15. The molecule has 1 aromatic heterocycles. The highest BCUT2D eigenvalue weighted by Crippen LogP contribution is 2.20. The Hall–Kier alpha value is -2.74. The summed E-state index contributed by atoms with van der Waals surface area (Å²) in [6, 6.07) is 12.1. The molecule has 3 aromatic rings. The number of benzene rings is 2. The number of thioether (sulfide) groups is 1. The summed E-state index contributed by atoms with van der Waals surface area (Å²) in [5.74, 6) is -0.136. The van der Waals surface area contributed by atoms with Crippen LogP contribution >= 0.6 is 11.8 Å². The minimum atomic E-state index is -0.290. The van der Waals surface area contributed by atoms with Crippen LogP contribution < -0.4 is 0 Å². The number of rotatable bonds is 6. The van der Waals surface area contributed by atoms with Crippen LogP contribution in [0.5, 0.6) is 0 Å². The van der Waals surface area contributed by atoms with E-state index >= 15 is 0 Å². The van der Waals surface area contributed by atoms with E-state index in [9.17, 15) is 9.18 Å². The Balaban J connectivity index is 1.63. The van der Waals surface area contributed by atoms with Gasteiger partial charge in [-0.3, -0.25) is 4.79 Å². The summed E-state index contributed by atoms with van der Waals surface area (Å²) in [4.78, 5) is 14.0. The molecule has 140 valence electrons. The summed E-state index contributed by atoms with van der Waals surface area (Å²) in [6.45, 7) is 4.50. The van der Waals surface area contributed by atoms with Gasteiger partial charge in [-0.15, -0.1) is 5.10 Å². The van der Waals surface area contributed by atoms with Gasteiger partial charge in [-0.2, -0.15) is 4.68 Å². The van der Waals surface area contributed by atoms with Gasteiger partial charge in [0.05, 0.1) is 11.4 Å². The lowest BCUT2D eigenvalue weighted by Gasteiger charge is -2.17. The maximum Gasteiger partial charge on any atom is 0.233 e. The van der Waals surface area contributed by atoms with E-state index in [0.717, 1.165) is 16.8 Å². The number of carbonyl (C=O) groups is 1. The minimum absolute atomic E-state index is 0.0565. The Morgan fingerprint density at radius 1 is 1.15 bits per heavy atom. The van der Waals surface area contributed by atoms with Crippen LogP contribution in [0.4, 0.5) is 4.39 Å². The molecule has 0 N–H and O–H groups in total. The lowest BCUT2D eigenvalue weighted by Crippen LogP contribution is -2.27. The molecule has 0 spiro atoms. The molecular weight excluding hydrogens is 365 g/mol. The van der Waals surface area contributed by atoms with Gasteiger partial charge in [0.15, 0.2) is 0 Å². The number of halogens is 1. The third-order valence-corrected chi connectivity index (χ3v) is 5.16. The second-order valence-electron chi connectivity index (χ2n) is 6.31. The first-order chi connectivity index (χ1) is 12.9. The summed E-state index contributed by atoms with van der Waals surface area (Å²) in [7, 11) is 1.72. The third kappa shape index (κ3) is 4.71. The molecule has 0 saturated carbocycles. The lowest BCUT2D eigenvalue weighted by molar-refractivity contribution is -0.127. The Bertz CT molecular complexity index is 942. The van der Waals surface area contributed by atoms with Crippen molar-refractivity contribution < 1.29 is 9.18 Å². The zero-order valence-corrected chi connectivity index (χ0v) is 16.2. The molecule has 2 aromatic carbocycles. The van der Waals surface area contributed by atoms with Crippen molar-refractivity contribution in [3.63, 3.8) is 0 Å². The molecule has 8 heteroatoms. The van der Waals surface area contributed by atoms with Crippen LogP contribution in [0.1, 0.15) is 16.7 Å². The number of aryl methyl sites for hydroxylation is 2. The summed E-state index contributed by atoms with van der Waals surface area (Å²) in [6.07, 6.45) is 0. The standard InChI is InChI=1S/C19H20FN5OS/c1-13-4-9-17(10-14(13)2)25-19(21-22-23-25)27-12-18(26)24(3)11-15-5-7-16(20)8-6-15/h4-10H,11-12H2,1-3H3. The monoisotopic (exact) mass is 385 g/mol. The number of carbonyl (C=O) groups excluding carboxylic acids is 1. The molecular formula is C19H20FN5OS. The number of hydrogen-bond acceptors (Lipinski definition) is 5. The average molecular weight is 385 g/mol. The fourth-order valence-electron chi connectivity index (χ4n) is 2.48. The van der Waals surface area contributed by atoms with E-state index in [4.69, 9.17) is 0 Å². The maximum atomic E-state index is 13.0. The van der Waals surface area contributed by atoms with Crippen molar-refractivity contribution in [3.05, 3.63) is 65.0 Å². The van der Waals surface area contributed by atoms with E-state index in [-0.39, 0.29) is 17.5 Å². The zero-order valence-electron chi connectivity index (χ0n) is 15.4. The molecule has 0 radical (unpaired) electrons. The van der Waals surface area contributed by atoms with Crippen LogP contribution in [-0.4, -0.2) is 43.8 Å². The molecule has 27 heavy (non-hydrogen) atoms. The minimum Gasteiger partial charge on any atom is -0.341 e. The van der Waals surface area contributed by atoms with Gasteiger partial charge in [-0.1, -0.05) is 30.0 Å². The van der Waals surface area contributed by atoms with Crippen LogP contribution in [0.25, 0.3) is 5.69 Å². The van der Waals surface area contributed by atoms with Gasteiger partial charge in [-0.05, 0) is 65.2 Å². The molecule has 0 saturated heterocycles. The smallest absolute Gasteiger partial charge is 0.233 e. The van der Waals surface area contributed by atoms with Crippen molar-refractivity contribution in [3.8, 4) is 5.69 Å². The molecule has 0 aliphatic heterocycles. The molecule has 0 fully saturated rings. The van der Waals surface area contributed by atoms with Crippen LogP contribution in [0.15, 0.2) is 47.6 Å². The first-order valence-corrected chi connectivity index (χ1v) is 9.40. The van der Waals surface area contributed by atoms with Gasteiger partial charge in [0.2, 0.25) is 11.1 Å². The summed E-state index contributed by atoms with van der Waals surface area (Å²) in [5, 5.41) is 12.3. The Morgan fingerprint density at radius 2 is 1.89 bits per heavy atom. The quantitative estimate of drug-likeness (QED) is 0.610. The van der Waals surface area contributed by atoms with Crippen LogP contribution in [-0.2, 0) is 11.3 Å². The topological polar surface area (TPSA) is 63.9 Å². The summed E-state index contributed by atoms with van der Waals surface area (Å²) < 4.78 is 14.6. The second kappa shape index (κ2) is 8.30. The SMILES string of the molecule is Cc1ccc(-n2nnnc2SCC(=O)N(C)Cc2ccc(F)cc2)cc1C. The summed E-state index contributed by atoms with van der Waals surface area (Å²) >= 11 is 1.28. The van der Waals surface area contributed by atoms with Crippen molar-refractivity contribution >= 4 is 17.7 Å². The fraction of sp³-hybridized carbons (Fsp3) is 0.263. The van der Waals surface area contributed by atoms with Gasteiger partial charge in [0.25, 0.3) is 0 Å². The predicted molar refractivity (Wildman–Crippen MR) is 102 cm³/mol. The molecule has 3 rings (SSSR count). The molecule has 0 bridgehead atoms. The Labute approximate surface area is 161 Å². The second-order valence-corrected chi connectivity index (χ2v) is 7.25. The van der Waals surface area contributed by atoms with Gasteiger partial charge >= 0.3 is 0 Å². The molecule has 0 atom stereocenters. The fourth-order valence-corrected chi connectivity index (χ4v) is 3.31. The average Bonchev–Trinajstić information content (AvgIpc) is 3.12. The first kappa shape index (κ1) is 19.0. The number of hydrogen-bond donors (Lipinski definition) is 0. The van der Waals surface area contributed by atoms with E-state index in [1.807, 2.05) is 32.0 Å². The van der Waals surface area contributed by atoms with E-state index in [2.05, 4.69) is 15.5 Å². The highest BCUT2D eigenvalue weighted by atomic mass is 32.2. The normalized spacial score (nSPS) is 10.8. The molecule has 0 unspecified atom stereocenters. The number of aromatic nitrogens is 4. The van der Waals surface area contributed by atoms with Crippen molar-refractivity contribution in [2.24, 2.45) is 0 Å². The van der Waals surface area contributed by atoms with Gasteiger partial charge in [0, 0.05) is 13.6 Å². The lowest BCUT2D eigenvalue weighted by atomic mass is 10.1. The zero-order chi connectivity index (χ0) is 19.4. The summed E-state index contributed by atoms with van der Waals surface area (Å²) in [5.41, 5.74) is 4.07. The molecule has 0 aliphatic carbocycles. The van der Waals surface area contributed by atoms with Gasteiger partial charge in [0.1, 0.15) is 5.82 Å². The number of nitrogens with zero attached hydrogens (tertiary/aromatic N) is 5. The Kier molecular flexibility index (Phi) is 5.85. The van der Waals surface area contributed by atoms with Gasteiger partial charge in [-0.25, -0.2) is 4.39 Å². The molecule has 1 heterocycles. The van der Waals surface area contributed by atoms with Crippen molar-refractivity contribution in [2.75, 3.05) is 12.8 Å². The van der Waals surface area contributed by atoms with Crippen LogP contribution in [0.2, 0.25) is 0 Å². The van der Waals surface area contributed by atoms with Crippen LogP contribution in [0, 0.1) is 19.7 Å². The van der Waals surface area contributed by atoms with Crippen molar-refractivity contribution in [1.29, 1.82) is 0 Å². The van der Waals surface area contributed by atoms with E-state index in [0.29, 0.717) is 11.7 Å². The predicted octanol–water partition coefficient (Wildman–Crippen LogP) is 3.17. The van der Waals surface area contributed by atoms with Crippen molar-refractivity contribution in [1.82, 2.24) is 25.1 Å². The van der Waals surface area contributed by atoms with E-state index in [1.54, 1.807) is 28.8 Å². The molecule has 6 nitrogen and oxygen atoms in total. The largest absolute Gasteiger partial charge is 0.341 e. The highest BCUT2D eigenvalue weighted by molar-refractivity contribution is 7.99. The maximum absolute atomic E-state index is 13.0. The Morgan fingerprint density at radius 3 is 2.59 bits per heavy atom. The third-order valence-electron chi connectivity index (χ3n) is 4.26. The number of amides is 1. The number of tetrazole rings is 1. The van der Waals surface area contributed by atoms with E-state index < -0.39 is 0 Å². The first-order valence-electron chi connectivity index (χ1n) is 8.41. The van der Waals surface area contributed by atoms with E-state index in [1.165, 1.54) is 29.5 Å². The van der Waals surface area contributed by atoms with Crippen molar-refractivity contribution in [2.45, 2.75) is 25.5 Å². The van der Waals surface area contributed by atoms with Gasteiger partial charge < -0.3 is 4.90 Å². The molecule has 1 amide bonds. The van der Waals surface area contributed by atoms with Crippen LogP contribution in [0.3, 0.4) is 0 Å². The molecule has 0 aliphatic rings.